The molecule has 1 aromatic rings. The standard InChI is InChI=1S/C15H20F2N2O2/c1-2-12(19-14(20)10-7-8-18-9-10)11-5-3-4-6-13(11)21-15(16)17/h3-6,10,12,15,18H,2,7-9H2,1H3,(H,19,20). The Balaban J connectivity index is 2.11. The fourth-order valence-electron chi connectivity index (χ4n) is 2.54. The summed E-state index contributed by atoms with van der Waals surface area (Å²) >= 11 is 0. The van der Waals surface area contributed by atoms with Gasteiger partial charge in [0.1, 0.15) is 5.75 Å². The zero-order chi connectivity index (χ0) is 15.2. The van der Waals surface area contributed by atoms with Crippen LogP contribution in [0.2, 0.25) is 0 Å². The van der Waals surface area contributed by atoms with Crippen molar-refractivity contribution in [2.45, 2.75) is 32.4 Å². The molecule has 1 aliphatic heterocycles. The predicted octanol–water partition coefficient (Wildman–Crippen LogP) is 2.46. The molecule has 0 bridgehead atoms. The highest BCUT2D eigenvalue weighted by Gasteiger charge is 2.25. The Morgan fingerprint density at radius 1 is 1.48 bits per heavy atom. The van der Waals surface area contributed by atoms with Crippen molar-refractivity contribution in [3.63, 3.8) is 0 Å². The molecule has 4 nitrogen and oxygen atoms in total. The van der Waals surface area contributed by atoms with Gasteiger partial charge in [0.05, 0.1) is 12.0 Å². The lowest BCUT2D eigenvalue weighted by atomic mass is 10.0. The van der Waals surface area contributed by atoms with Crippen molar-refractivity contribution in [2.24, 2.45) is 5.92 Å². The number of carbonyl (C=O) groups excluding carboxylic acids is 1. The summed E-state index contributed by atoms with van der Waals surface area (Å²) in [6.07, 6.45) is 1.41. The molecule has 6 heteroatoms. The number of ether oxygens (including phenoxy) is 1. The molecule has 0 aromatic heterocycles. The largest absolute Gasteiger partial charge is 0.434 e. The third kappa shape index (κ3) is 4.14. The highest BCUT2D eigenvalue weighted by molar-refractivity contribution is 5.79. The number of nitrogens with one attached hydrogen (secondary N) is 2. The smallest absolute Gasteiger partial charge is 0.387 e. The number of alkyl halides is 2. The molecule has 2 rings (SSSR count). The number of para-hydroxylation sites is 1. The highest BCUT2D eigenvalue weighted by atomic mass is 19.3. The molecule has 0 aliphatic carbocycles. The lowest BCUT2D eigenvalue weighted by Gasteiger charge is -2.22. The summed E-state index contributed by atoms with van der Waals surface area (Å²) in [6, 6.07) is 6.26. The normalized spacial score (nSPS) is 19.5. The second-order valence-corrected chi connectivity index (χ2v) is 5.08. The van der Waals surface area contributed by atoms with Crippen LogP contribution in [0, 0.1) is 5.92 Å². The molecule has 0 radical (unpaired) electrons. The molecule has 1 aromatic carbocycles. The molecule has 0 spiro atoms. The predicted molar refractivity (Wildman–Crippen MR) is 75.2 cm³/mol. The van der Waals surface area contributed by atoms with Crippen LogP contribution in [0.15, 0.2) is 24.3 Å². The Bertz CT molecular complexity index is 476. The highest BCUT2D eigenvalue weighted by Crippen LogP contribution is 2.28. The molecule has 2 N–H and O–H groups in total. The number of hydrogen-bond acceptors (Lipinski definition) is 3. The maximum absolute atomic E-state index is 12.5. The van der Waals surface area contributed by atoms with Gasteiger partial charge in [-0.25, -0.2) is 0 Å². The molecule has 1 fully saturated rings. The molecule has 2 unspecified atom stereocenters. The van der Waals surface area contributed by atoms with Gasteiger partial charge in [-0.2, -0.15) is 8.78 Å². The van der Waals surface area contributed by atoms with Gasteiger partial charge in [0, 0.05) is 12.1 Å². The second-order valence-electron chi connectivity index (χ2n) is 5.08. The molecule has 1 heterocycles. The number of benzene rings is 1. The minimum Gasteiger partial charge on any atom is -0.434 e. The molecule has 1 amide bonds. The van der Waals surface area contributed by atoms with Crippen LogP contribution >= 0.6 is 0 Å². The molecule has 116 valence electrons. The van der Waals surface area contributed by atoms with E-state index in [1.807, 2.05) is 6.92 Å². The van der Waals surface area contributed by atoms with Gasteiger partial charge in [0.15, 0.2) is 0 Å². The van der Waals surface area contributed by atoms with Crippen LogP contribution in [0.25, 0.3) is 0 Å². The zero-order valence-corrected chi connectivity index (χ0v) is 11.9. The van der Waals surface area contributed by atoms with Gasteiger partial charge < -0.3 is 15.4 Å². The van der Waals surface area contributed by atoms with Gasteiger partial charge in [-0.15, -0.1) is 0 Å². The quantitative estimate of drug-likeness (QED) is 0.848. The number of carbonyl (C=O) groups is 1. The Kier molecular flexibility index (Phi) is 5.50. The van der Waals surface area contributed by atoms with E-state index in [-0.39, 0.29) is 23.6 Å². The van der Waals surface area contributed by atoms with Gasteiger partial charge >= 0.3 is 6.61 Å². The van der Waals surface area contributed by atoms with E-state index >= 15 is 0 Å². The Hall–Kier alpha value is -1.69. The summed E-state index contributed by atoms with van der Waals surface area (Å²) < 4.78 is 29.5. The number of rotatable bonds is 6. The Morgan fingerprint density at radius 3 is 2.86 bits per heavy atom. The van der Waals surface area contributed by atoms with Crippen LogP contribution in [-0.4, -0.2) is 25.6 Å². The average Bonchev–Trinajstić information content (AvgIpc) is 2.99. The van der Waals surface area contributed by atoms with Gasteiger partial charge in [-0.1, -0.05) is 25.1 Å². The van der Waals surface area contributed by atoms with Crippen LogP contribution in [0.3, 0.4) is 0 Å². The lowest BCUT2D eigenvalue weighted by molar-refractivity contribution is -0.125. The Labute approximate surface area is 122 Å². The average molecular weight is 298 g/mol. The van der Waals surface area contributed by atoms with E-state index in [9.17, 15) is 13.6 Å². The maximum atomic E-state index is 12.5. The van der Waals surface area contributed by atoms with Crippen molar-refractivity contribution in [1.29, 1.82) is 0 Å². The SMILES string of the molecule is CCC(NC(=O)C1CCNC1)c1ccccc1OC(F)F. The van der Waals surface area contributed by atoms with E-state index in [1.54, 1.807) is 18.2 Å². The van der Waals surface area contributed by atoms with Crippen molar-refractivity contribution < 1.29 is 18.3 Å². The lowest BCUT2D eigenvalue weighted by Crippen LogP contribution is -2.35. The van der Waals surface area contributed by atoms with Crippen LogP contribution in [-0.2, 0) is 4.79 Å². The van der Waals surface area contributed by atoms with Gasteiger partial charge in [-0.3, -0.25) is 4.79 Å². The maximum Gasteiger partial charge on any atom is 0.387 e. The topological polar surface area (TPSA) is 50.4 Å². The molecular formula is C15H20F2N2O2. The fraction of sp³-hybridized carbons (Fsp3) is 0.533. The first kappa shape index (κ1) is 15.7. The van der Waals surface area contributed by atoms with E-state index in [2.05, 4.69) is 15.4 Å². The summed E-state index contributed by atoms with van der Waals surface area (Å²) in [6.45, 7) is 0.521. The van der Waals surface area contributed by atoms with Crippen LogP contribution in [0.4, 0.5) is 8.78 Å². The molecular weight excluding hydrogens is 278 g/mol. The molecule has 2 atom stereocenters. The van der Waals surface area contributed by atoms with E-state index in [0.29, 0.717) is 18.5 Å². The van der Waals surface area contributed by atoms with Crippen molar-refractivity contribution in [2.75, 3.05) is 13.1 Å². The summed E-state index contributed by atoms with van der Waals surface area (Å²) in [7, 11) is 0. The van der Waals surface area contributed by atoms with Crippen LogP contribution < -0.4 is 15.4 Å². The van der Waals surface area contributed by atoms with Gasteiger partial charge in [0.25, 0.3) is 0 Å². The molecule has 0 saturated carbocycles. The van der Waals surface area contributed by atoms with E-state index in [4.69, 9.17) is 0 Å². The van der Waals surface area contributed by atoms with E-state index in [1.165, 1.54) is 6.07 Å². The van der Waals surface area contributed by atoms with Crippen molar-refractivity contribution in [3.8, 4) is 5.75 Å². The van der Waals surface area contributed by atoms with Crippen LogP contribution in [0.5, 0.6) is 5.75 Å². The number of hydrogen-bond donors (Lipinski definition) is 2. The summed E-state index contributed by atoms with van der Waals surface area (Å²) in [5.41, 5.74) is 0.583. The summed E-state index contributed by atoms with van der Waals surface area (Å²) in [5.74, 6) is 0.0186. The van der Waals surface area contributed by atoms with Crippen molar-refractivity contribution in [3.05, 3.63) is 29.8 Å². The van der Waals surface area contributed by atoms with Crippen LogP contribution in [0.1, 0.15) is 31.4 Å². The van der Waals surface area contributed by atoms with Gasteiger partial charge in [-0.05, 0) is 25.5 Å². The van der Waals surface area contributed by atoms with Crippen molar-refractivity contribution >= 4 is 5.91 Å². The van der Waals surface area contributed by atoms with Crippen molar-refractivity contribution in [1.82, 2.24) is 10.6 Å². The third-order valence-electron chi connectivity index (χ3n) is 3.67. The van der Waals surface area contributed by atoms with Gasteiger partial charge in [0.2, 0.25) is 5.91 Å². The zero-order valence-electron chi connectivity index (χ0n) is 11.9. The fourth-order valence-corrected chi connectivity index (χ4v) is 2.54. The third-order valence-corrected chi connectivity index (χ3v) is 3.67. The monoisotopic (exact) mass is 298 g/mol. The first-order valence-corrected chi connectivity index (χ1v) is 7.16. The molecule has 1 aliphatic rings. The summed E-state index contributed by atoms with van der Waals surface area (Å²) in [4.78, 5) is 12.2. The summed E-state index contributed by atoms with van der Waals surface area (Å²) in [5, 5.41) is 6.07. The number of amides is 1. The van der Waals surface area contributed by atoms with E-state index < -0.39 is 6.61 Å². The first-order chi connectivity index (χ1) is 10.1. The minimum atomic E-state index is -2.88. The minimum absolute atomic E-state index is 0.0429. The van der Waals surface area contributed by atoms with E-state index in [0.717, 1.165) is 13.0 Å². The Morgan fingerprint density at radius 2 is 2.24 bits per heavy atom. The number of halogens is 2. The second kappa shape index (κ2) is 7.36. The molecule has 21 heavy (non-hydrogen) atoms. The molecule has 1 saturated heterocycles. The first-order valence-electron chi connectivity index (χ1n) is 7.16.